The average molecular weight is 222 g/mol. The molecule has 2 rings (SSSR count). The van der Waals surface area contributed by atoms with Crippen LogP contribution in [0.2, 0.25) is 0 Å². The van der Waals surface area contributed by atoms with Crippen LogP contribution >= 0.6 is 0 Å². The Morgan fingerprint density at radius 1 is 1.50 bits per heavy atom. The molecule has 1 unspecified atom stereocenters. The fraction of sp³-hybridized carbons (Fsp3) is 0.300. The standard InChI is InChI=1S/C10H14N4O2/c1-7(15)6-11-10-9(13-16)8-4-2-3-5-14(8)12-10/h2-5,7,13,15-16H,6H2,1H3,(H,11,12). The first-order valence-corrected chi connectivity index (χ1v) is 5.02. The number of aliphatic hydroxyl groups excluding tert-OH is 1. The number of pyridine rings is 1. The van der Waals surface area contributed by atoms with Crippen molar-refractivity contribution in [3.05, 3.63) is 24.4 Å². The molecule has 6 nitrogen and oxygen atoms in total. The first-order chi connectivity index (χ1) is 7.72. The van der Waals surface area contributed by atoms with Gasteiger partial charge in [0, 0.05) is 12.7 Å². The van der Waals surface area contributed by atoms with Gasteiger partial charge in [-0.1, -0.05) is 6.07 Å². The fourth-order valence-corrected chi connectivity index (χ4v) is 1.48. The SMILES string of the molecule is CC(O)CNc1nn2ccccc2c1NO. The van der Waals surface area contributed by atoms with E-state index in [4.69, 9.17) is 5.21 Å². The maximum Gasteiger partial charge on any atom is 0.174 e. The third kappa shape index (κ3) is 1.93. The number of anilines is 2. The van der Waals surface area contributed by atoms with Crippen LogP contribution in [0.5, 0.6) is 0 Å². The van der Waals surface area contributed by atoms with Crippen LogP contribution in [-0.4, -0.2) is 32.6 Å². The number of aromatic nitrogens is 2. The van der Waals surface area contributed by atoms with E-state index >= 15 is 0 Å². The first-order valence-electron chi connectivity index (χ1n) is 5.02. The molecular weight excluding hydrogens is 208 g/mol. The molecule has 1 atom stereocenters. The minimum Gasteiger partial charge on any atom is -0.392 e. The van der Waals surface area contributed by atoms with E-state index in [2.05, 4.69) is 15.9 Å². The number of aliphatic hydroxyl groups is 1. The quantitative estimate of drug-likeness (QED) is 0.578. The summed E-state index contributed by atoms with van der Waals surface area (Å²) >= 11 is 0. The molecule has 0 aromatic carbocycles. The number of nitrogens with zero attached hydrogens (tertiary/aromatic N) is 2. The van der Waals surface area contributed by atoms with E-state index in [1.165, 1.54) is 0 Å². The van der Waals surface area contributed by atoms with E-state index in [-0.39, 0.29) is 0 Å². The summed E-state index contributed by atoms with van der Waals surface area (Å²) in [5.41, 5.74) is 3.38. The van der Waals surface area contributed by atoms with Crippen LogP contribution in [0.4, 0.5) is 11.5 Å². The minimum atomic E-state index is -0.476. The molecule has 6 heteroatoms. The number of nitrogens with one attached hydrogen (secondary N) is 2. The second kappa shape index (κ2) is 4.38. The Labute approximate surface area is 92.5 Å². The highest BCUT2D eigenvalue weighted by Crippen LogP contribution is 2.25. The zero-order valence-corrected chi connectivity index (χ0v) is 8.88. The van der Waals surface area contributed by atoms with Gasteiger partial charge in [0.25, 0.3) is 0 Å². The molecule has 2 aromatic heterocycles. The second-order valence-corrected chi connectivity index (χ2v) is 3.60. The number of hydrogen-bond donors (Lipinski definition) is 4. The Balaban J connectivity index is 2.36. The highest BCUT2D eigenvalue weighted by Gasteiger charge is 2.11. The molecule has 0 bridgehead atoms. The largest absolute Gasteiger partial charge is 0.392 e. The summed E-state index contributed by atoms with van der Waals surface area (Å²) in [5.74, 6) is 0.509. The van der Waals surface area contributed by atoms with E-state index in [1.807, 2.05) is 18.2 Å². The topological polar surface area (TPSA) is 81.8 Å². The van der Waals surface area contributed by atoms with Crippen molar-refractivity contribution >= 4 is 17.0 Å². The van der Waals surface area contributed by atoms with Gasteiger partial charge in [0.05, 0.1) is 11.6 Å². The lowest BCUT2D eigenvalue weighted by molar-refractivity contribution is 0.208. The fourth-order valence-electron chi connectivity index (χ4n) is 1.48. The van der Waals surface area contributed by atoms with E-state index in [0.29, 0.717) is 18.1 Å². The molecular formula is C10H14N4O2. The molecule has 2 heterocycles. The van der Waals surface area contributed by atoms with Gasteiger partial charge in [-0.15, -0.1) is 5.10 Å². The predicted octanol–water partition coefficient (Wildman–Crippen LogP) is 0.928. The van der Waals surface area contributed by atoms with Crippen LogP contribution in [-0.2, 0) is 0 Å². The third-order valence-electron chi connectivity index (χ3n) is 2.22. The Morgan fingerprint density at radius 3 is 3.00 bits per heavy atom. The zero-order valence-electron chi connectivity index (χ0n) is 8.88. The van der Waals surface area contributed by atoms with Gasteiger partial charge in [0.2, 0.25) is 0 Å². The van der Waals surface area contributed by atoms with Gasteiger partial charge in [-0.05, 0) is 19.1 Å². The molecule has 16 heavy (non-hydrogen) atoms. The summed E-state index contributed by atoms with van der Waals surface area (Å²) in [7, 11) is 0. The highest BCUT2D eigenvalue weighted by molar-refractivity contribution is 5.82. The van der Waals surface area contributed by atoms with Gasteiger partial charge in [-0.25, -0.2) is 4.52 Å². The summed E-state index contributed by atoms with van der Waals surface area (Å²) < 4.78 is 1.64. The van der Waals surface area contributed by atoms with Crippen molar-refractivity contribution in [1.82, 2.24) is 9.61 Å². The summed E-state index contributed by atoms with van der Waals surface area (Å²) in [6.07, 6.45) is 1.31. The maximum absolute atomic E-state index is 9.17. The molecule has 86 valence electrons. The Hall–Kier alpha value is -1.79. The second-order valence-electron chi connectivity index (χ2n) is 3.60. The molecule has 0 amide bonds. The Kier molecular flexibility index (Phi) is 2.93. The van der Waals surface area contributed by atoms with E-state index < -0.39 is 6.10 Å². The lowest BCUT2D eigenvalue weighted by Gasteiger charge is -2.06. The third-order valence-corrected chi connectivity index (χ3v) is 2.22. The van der Waals surface area contributed by atoms with Crippen molar-refractivity contribution in [3.63, 3.8) is 0 Å². The first kappa shape index (κ1) is 10.7. The van der Waals surface area contributed by atoms with Crippen molar-refractivity contribution in [1.29, 1.82) is 0 Å². The van der Waals surface area contributed by atoms with Gasteiger partial charge >= 0.3 is 0 Å². The van der Waals surface area contributed by atoms with Crippen LogP contribution in [0.15, 0.2) is 24.4 Å². The zero-order chi connectivity index (χ0) is 11.5. The molecule has 0 spiro atoms. The van der Waals surface area contributed by atoms with Gasteiger partial charge < -0.3 is 10.4 Å². The average Bonchev–Trinajstić information content (AvgIpc) is 2.63. The van der Waals surface area contributed by atoms with Crippen LogP contribution < -0.4 is 10.8 Å². The van der Waals surface area contributed by atoms with E-state index in [9.17, 15) is 5.11 Å². The maximum atomic E-state index is 9.17. The molecule has 4 N–H and O–H groups in total. The van der Waals surface area contributed by atoms with Gasteiger partial charge in [0.1, 0.15) is 5.69 Å². The normalized spacial score (nSPS) is 12.7. The molecule has 0 radical (unpaired) electrons. The lowest BCUT2D eigenvalue weighted by atomic mass is 10.3. The minimum absolute atomic E-state index is 0.374. The molecule has 0 saturated carbocycles. The molecule has 0 saturated heterocycles. The van der Waals surface area contributed by atoms with Crippen LogP contribution in [0.25, 0.3) is 5.52 Å². The predicted molar refractivity (Wildman–Crippen MR) is 60.8 cm³/mol. The highest BCUT2D eigenvalue weighted by atomic mass is 16.5. The van der Waals surface area contributed by atoms with Crippen LogP contribution in [0, 0.1) is 0 Å². The summed E-state index contributed by atoms with van der Waals surface area (Å²) in [6.45, 7) is 2.05. The summed E-state index contributed by atoms with van der Waals surface area (Å²) in [6, 6.07) is 5.54. The van der Waals surface area contributed by atoms with Crippen molar-refractivity contribution in [2.75, 3.05) is 17.3 Å². The Morgan fingerprint density at radius 2 is 2.31 bits per heavy atom. The smallest absolute Gasteiger partial charge is 0.174 e. The monoisotopic (exact) mass is 222 g/mol. The Bertz CT molecular complexity index is 481. The van der Waals surface area contributed by atoms with Crippen molar-refractivity contribution < 1.29 is 10.3 Å². The van der Waals surface area contributed by atoms with Gasteiger partial charge in [-0.2, -0.15) is 0 Å². The van der Waals surface area contributed by atoms with E-state index in [1.54, 1.807) is 17.6 Å². The molecule has 0 aliphatic rings. The number of hydrogen-bond acceptors (Lipinski definition) is 5. The molecule has 0 aliphatic heterocycles. The van der Waals surface area contributed by atoms with Gasteiger partial charge in [0.15, 0.2) is 5.82 Å². The number of fused-ring (bicyclic) bond motifs is 1. The van der Waals surface area contributed by atoms with Crippen molar-refractivity contribution in [3.8, 4) is 0 Å². The molecule has 0 aliphatic carbocycles. The van der Waals surface area contributed by atoms with Gasteiger partial charge in [-0.3, -0.25) is 10.7 Å². The number of rotatable bonds is 4. The van der Waals surface area contributed by atoms with Crippen molar-refractivity contribution in [2.45, 2.75) is 13.0 Å². The molecule has 2 aromatic rings. The summed E-state index contributed by atoms with van der Waals surface area (Å²) in [5, 5.41) is 25.4. The molecule has 0 fully saturated rings. The van der Waals surface area contributed by atoms with Crippen LogP contribution in [0.1, 0.15) is 6.92 Å². The van der Waals surface area contributed by atoms with Crippen molar-refractivity contribution in [2.24, 2.45) is 0 Å². The lowest BCUT2D eigenvalue weighted by Crippen LogP contribution is -2.16. The summed E-state index contributed by atoms with van der Waals surface area (Å²) in [4.78, 5) is 0. The van der Waals surface area contributed by atoms with Crippen LogP contribution in [0.3, 0.4) is 0 Å². The van der Waals surface area contributed by atoms with E-state index in [0.717, 1.165) is 5.52 Å².